The normalized spacial score (nSPS) is 10.3. The minimum atomic E-state index is -0.645. The van der Waals surface area contributed by atoms with Crippen LogP contribution in [-0.2, 0) is 4.79 Å². The first kappa shape index (κ1) is 14.9. The lowest BCUT2D eigenvalue weighted by molar-refractivity contribution is -0.390. The Morgan fingerprint density at radius 2 is 2.21 bits per heavy atom. The molecule has 0 aliphatic rings. The quantitative estimate of drug-likeness (QED) is 0.599. The summed E-state index contributed by atoms with van der Waals surface area (Å²) in [6.07, 6.45) is 2.96. The Morgan fingerprint density at radius 1 is 1.53 bits per heavy atom. The Bertz CT molecular complexity index is 446. The van der Waals surface area contributed by atoms with Gasteiger partial charge in [0.1, 0.15) is 6.20 Å². The van der Waals surface area contributed by atoms with Crippen LogP contribution in [0, 0.1) is 10.1 Å². The smallest absolute Gasteiger partial charge is 0.406 e. The highest BCUT2D eigenvalue weighted by atomic mass is 16.6. The van der Waals surface area contributed by atoms with E-state index in [9.17, 15) is 14.9 Å². The minimum absolute atomic E-state index is 0.00723. The molecule has 0 saturated heterocycles. The summed E-state index contributed by atoms with van der Waals surface area (Å²) in [7, 11) is 0. The number of aromatic nitrogens is 1. The number of nitro groups is 1. The summed E-state index contributed by atoms with van der Waals surface area (Å²) in [4.78, 5) is 25.2. The summed E-state index contributed by atoms with van der Waals surface area (Å²) in [6.45, 7) is 3.69. The van der Waals surface area contributed by atoms with Gasteiger partial charge in [0.15, 0.2) is 6.61 Å². The van der Waals surface area contributed by atoms with Gasteiger partial charge in [-0.05, 0) is 34.9 Å². The van der Waals surface area contributed by atoms with Crippen molar-refractivity contribution in [2.45, 2.75) is 32.7 Å². The fourth-order valence-corrected chi connectivity index (χ4v) is 1.54. The molecule has 0 aliphatic carbocycles. The van der Waals surface area contributed by atoms with Crippen molar-refractivity contribution in [3.8, 4) is 5.75 Å². The van der Waals surface area contributed by atoms with Gasteiger partial charge in [0, 0.05) is 6.04 Å². The summed E-state index contributed by atoms with van der Waals surface area (Å²) in [5.41, 5.74) is 0. The molecule has 1 heterocycles. The number of amides is 1. The van der Waals surface area contributed by atoms with Crippen LogP contribution in [0.4, 0.5) is 5.82 Å². The highest BCUT2D eigenvalue weighted by Crippen LogP contribution is 2.22. The molecule has 0 fully saturated rings. The van der Waals surface area contributed by atoms with E-state index in [4.69, 9.17) is 4.74 Å². The van der Waals surface area contributed by atoms with E-state index >= 15 is 0 Å². The number of hydrogen-bond donors (Lipinski definition) is 1. The molecule has 104 valence electrons. The second kappa shape index (κ2) is 7.30. The largest absolute Gasteiger partial charge is 0.476 e. The maximum atomic E-state index is 11.6. The lowest BCUT2D eigenvalue weighted by Gasteiger charge is -2.14. The molecule has 7 nitrogen and oxygen atoms in total. The standard InChI is InChI=1S/C12H17N3O4/c1-3-9(4-2)14-11(16)8-19-10-6-5-7-13-12(10)15(17)18/h5-7,9H,3-4,8H2,1-2H3,(H,14,16). The molecule has 1 aromatic heterocycles. The van der Waals surface area contributed by atoms with E-state index in [0.717, 1.165) is 12.8 Å². The van der Waals surface area contributed by atoms with Crippen molar-refractivity contribution >= 4 is 11.7 Å². The lowest BCUT2D eigenvalue weighted by Crippen LogP contribution is -2.37. The Labute approximate surface area is 111 Å². The zero-order chi connectivity index (χ0) is 14.3. The first-order valence-corrected chi connectivity index (χ1v) is 6.10. The summed E-state index contributed by atoms with van der Waals surface area (Å²) in [5.74, 6) is -0.697. The second-order valence-electron chi connectivity index (χ2n) is 3.95. The molecule has 7 heteroatoms. The van der Waals surface area contributed by atoms with Crippen LogP contribution < -0.4 is 10.1 Å². The highest BCUT2D eigenvalue weighted by Gasteiger charge is 2.17. The van der Waals surface area contributed by atoms with Gasteiger partial charge in [-0.2, -0.15) is 0 Å². The summed E-state index contributed by atoms with van der Waals surface area (Å²) in [5, 5.41) is 13.5. The van der Waals surface area contributed by atoms with E-state index in [0.29, 0.717) is 0 Å². The van der Waals surface area contributed by atoms with Gasteiger partial charge in [-0.3, -0.25) is 4.79 Å². The lowest BCUT2D eigenvalue weighted by atomic mass is 10.2. The number of pyridine rings is 1. The molecule has 0 bridgehead atoms. The van der Waals surface area contributed by atoms with Crippen LogP contribution >= 0.6 is 0 Å². The predicted octanol–water partition coefficient (Wildman–Crippen LogP) is 1.67. The van der Waals surface area contributed by atoms with E-state index in [1.807, 2.05) is 13.8 Å². The van der Waals surface area contributed by atoms with Crippen LogP contribution in [0.1, 0.15) is 26.7 Å². The van der Waals surface area contributed by atoms with Crippen molar-refractivity contribution in [2.75, 3.05) is 6.61 Å². The molecule has 0 aromatic carbocycles. The van der Waals surface area contributed by atoms with E-state index in [-0.39, 0.29) is 24.3 Å². The number of rotatable bonds is 7. The molecule has 0 atom stereocenters. The zero-order valence-electron chi connectivity index (χ0n) is 11.0. The Morgan fingerprint density at radius 3 is 2.79 bits per heavy atom. The van der Waals surface area contributed by atoms with Gasteiger partial charge in [0.25, 0.3) is 5.91 Å². The molecule has 0 saturated carbocycles. The highest BCUT2D eigenvalue weighted by molar-refractivity contribution is 5.77. The van der Waals surface area contributed by atoms with Crippen LogP contribution in [0.5, 0.6) is 5.75 Å². The van der Waals surface area contributed by atoms with E-state index in [1.54, 1.807) is 0 Å². The Balaban J connectivity index is 2.57. The molecule has 19 heavy (non-hydrogen) atoms. The molecule has 0 aliphatic heterocycles. The summed E-state index contributed by atoms with van der Waals surface area (Å²) < 4.78 is 5.13. The van der Waals surface area contributed by atoms with Gasteiger partial charge in [-0.15, -0.1) is 0 Å². The van der Waals surface area contributed by atoms with Crippen LogP contribution in [0.3, 0.4) is 0 Å². The zero-order valence-corrected chi connectivity index (χ0v) is 11.0. The van der Waals surface area contributed by atoms with Gasteiger partial charge in [-0.1, -0.05) is 13.8 Å². The monoisotopic (exact) mass is 267 g/mol. The van der Waals surface area contributed by atoms with Gasteiger partial charge in [-0.25, -0.2) is 0 Å². The molecule has 0 radical (unpaired) electrons. The van der Waals surface area contributed by atoms with Crippen molar-refractivity contribution in [3.05, 3.63) is 28.4 Å². The number of hydrogen-bond acceptors (Lipinski definition) is 5. The van der Waals surface area contributed by atoms with Gasteiger partial charge < -0.3 is 20.2 Å². The van der Waals surface area contributed by atoms with Crippen molar-refractivity contribution in [2.24, 2.45) is 0 Å². The Hall–Kier alpha value is -2.18. The van der Waals surface area contributed by atoms with Crippen LogP contribution in [0.2, 0.25) is 0 Å². The topological polar surface area (TPSA) is 94.4 Å². The van der Waals surface area contributed by atoms with Crippen LogP contribution in [0.25, 0.3) is 0 Å². The average molecular weight is 267 g/mol. The molecule has 1 aromatic rings. The first-order chi connectivity index (χ1) is 9.08. The van der Waals surface area contributed by atoms with Gasteiger partial charge >= 0.3 is 5.82 Å². The van der Waals surface area contributed by atoms with Crippen molar-refractivity contribution in [3.63, 3.8) is 0 Å². The predicted molar refractivity (Wildman–Crippen MR) is 68.9 cm³/mol. The number of carbonyl (C=O) groups excluding carboxylic acids is 1. The van der Waals surface area contributed by atoms with Crippen LogP contribution in [0.15, 0.2) is 18.3 Å². The third-order valence-corrected chi connectivity index (χ3v) is 2.63. The average Bonchev–Trinajstić information content (AvgIpc) is 2.42. The van der Waals surface area contributed by atoms with E-state index in [1.165, 1.54) is 18.3 Å². The van der Waals surface area contributed by atoms with Crippen molar-refractivity contribution < 1.29 is 14.5 Å². The summed E-state index contributed by atoms with van der Waals surface area (Å²) in [6, 6.07) is 3.02. The van der Waals surface area contributed by atoms with Gasteiger partial charge in [0.05, 0.1) is 0 Å². The number of nitrogens with one attached hydrogen (secondary N) is 1. The fraction of sp³-hybridized carbons (Fsp3) is 0.500. The number of carbonyl (C=O) groups is 1. The fourth-order valence-electron chi connectivity index (χ4n) is 1.54. The molecular weight excluding hydrogens is 250 g/mol. The molecule has 0 unspecified atom stereocenters. The first-order valence-electron chi connectivity index (χ1n) is 6.10. The van der Waals surface area contributed by atoms with Crippen molar-refractivity contribution in [1.82, 2.24) is 10.3 Å². The molecule has 1 amide bonds. The molecule has 1 N–H and O–H groups in total. The SMILES string of the molecule is CCC(CC)NC(=O)COc1cccnc1[N+](=O)[O-]. The van der Waals surface area contributed by atoms with E-state index in [2.05, 4.69) is 10.3 Å². The molecular formula is C12H17N3O4. The third kappa shape index (κ3) is 4.53. The molecule has 1 rings (SSSR count). The van der Waals surface area contributed by atoms with Crippen LogP contribution in [-0.4, -0.2) is 28.5 Å². The number of ether oxygens (including phenoxy) is 1. The maximum Gasteiger partial charge on any atom is 0.406 e. The van der Waals surface area contributed by atoms with Crippen molar-refractivity contribution in [1.29, 1.82) is 0 Å². The van der Waals surface area contributed by atoms with Gasteiger partial charge in [0.2, 0.25) is 5.75 Å². The minimum Gasteiger partial charge on any atom is -0.476 e. The third-order valence-electron chi connectivity index (χ3n) is 2.63. The second-order valence-corrected chi connectivity index (χ2v) is 3.95. The van der Waals surface area contributed by atoms with E-state index < -0.39 is 10.7 Å². The maximum absolute atomic E-state index is 11.6. The molecule has 0 spiro atoms. The Kier molecular flexibility index (Phi) is 5.72. The summed E-state index contributed by atoms with van der Waals surface area (Å²) >= 11 is 0. The number of nitrogens with zero attached hydrogens (tertiary/aromatic N) is 2.